The smallest absolute Gasteiger partial charge is 0.275 e. The van der Waals surface area contributed by atoms with E-state index in [0.717, 1.165) is 21.2 Å². The number of hydrogen-bond acceptors (Lipinski definition) is 2. The maximum absolute atomic E-state index is 12.1. The second-order valence-corrected chi connectivity index (χ2v) is 5.73. The van der Waals surface area contributed by atoms with Crippen LogP contribution in [0.3, 0.4) is 0 Å². The number of nitrogens with zero attached hydrogens (tertiary/aromatic N) is 1. The second kappa shape index (κ2) is 5.66. The minimum absolute atomic E-state index is 0.173. The lowest BCUT2D eigenvalue weighted by Gasteiger charge is -2.03. The molecule has 0 aliphatic carbocycles. The van der Waals surface area contributed by atoms with E-state index in [4.69, 9.17) is 0 Å². The highest BCUT2D eigenvalue weighted by molar-refractivity contribution is 9.10. The van der Waals surface area contributed by atoms with Gasteiger partial charge in [-0.25, -0.2) is 4.99 Å². The van der Waals surface area contributed by atoms with Crippen molar-refractivity contribution in [3.63, 3.8) is 0 Å². The van der Waals surface area contributed by atoms with Crippen LogP contribution in [0, 0.1) is 6.92 Å². The summed E-state index contributed by atoms with van der Waals surface area (Å²) in [5, 5.41) is 2.83. The van der Waals surface area contributed by atoms with E-state index in [1.165, 1.54) is 0 Å². The molecule has 0 saturated carbocycles. The number of benzene rings is 2. The average molecular weight is 341 g/mol. The molecular weight excluding hydrogens is 328 g/mol. The Morgan fingerprint density at radius 2 is 1.95 bits per heavy atom. The predicted molar refractivity (Wildman–Crippen MR) is 88.0 cm³/mol. The van der Waals surface area contributed by atoms with E-state index in [9.17, 15) is 4.79 Å². The Morgan fingerprint density at radius 1 is 1.14 bits per heavy atom. The molecule has 4 heteroatoms. The first-order valence-corrected chi connectivity index (χ1v) is 7.36. The first-order valence-electron chi connectivity index (χ1n) is 6.57. The zero-order valence-electron chi connectivity index (χ0n) is 11.4. The maximum atomic E-state index is 12.1. The molecular formula is C17H13BrN2O. The van der Waals surface area contributed by atoms with E-state index in [-0.39, 0.29) is 5.91 Å². The van der Waals surface area contributed by atoms with E-state index in [1.54, 1.807) is 6.08 Å². The average Bonchev–Trinajstić information content (AvgIpc) is 2.80. The highest BCUT2D eigenvalue weighted by Gasteiger charge is 2.21. The number of carbonyl (C=O) groups is 1. The molecule has 1 heterocycles. The predicted octanol–water partition coefficient (Wildman–Crippen LogP) is 3.68. The third-order valence-electron chi connectivity index (χ3n) is 3.25. The summed E-state index contributed by atoms with van der Waals surface area (Å²) in [6, 6.07) is 15.6. The number of amidine groups is 1. The quantitative estimate of drug-likeness (QED) is 0.832. The third kappa shape index (κ3) is 2.95. The highest BCUT2D eigenvalue weighted by Crippen LogP contribution is 2.19. The standard InChI is InChI=1S/C17H13BrN2O/c1-11-5-2-3-8-14(11)16-19-15(17(21)20-16)10-12-6-4-7-13(18)9-12/h2-10H,1H3,(H,19,20,21)/b15-10+. The van der Waals surface area contributed by atoms with Gasteiger partial charge in [0, 0.05) is 10.0 Å². The Balaban J connectivity index is 1.98. The van der Waals surface area contributed by atoms with Crippen molar-refractivity contribution in [3.8, 4) is 0 Å². The summed E-state index contributed by atoms with van der Waals surface area (Å²) in [6.45, 7) is 2.00. The first kappa shape index (κ1) is 13.8. The molecule has 1 aliphatic rings. The molecule has 0 radical (unpaired) electrons. The Labute approximate surface area is 131 Å². The molecule has 3 rings (SSSR count). The Morgan fingerprint density at radius 3 is 2.71 bits per heavy atom. The number of rotatable bonds is 2. The SMILES string of the molecule is Cc1ccccc1C1=N/C(=C/c2cccc(Br)c2)C(=O)N1. The molecule has 2 aromatic rings. The Kier molecular flexibility index (Phi) is 3.71. The van der Waals surface area contributed by atoms with Gasteiger partial charge in [-0.05, 0) is 36.3 Å². The van der Waals surface area contributed by atoms with Crippen LogP contribution in [0.15, 0.2) is 63.7 Å². The second-order valence-electron chi connectivity index (χ2n) is 4.81. The molecule has 1 amide bonds. The first-order chi connectivity index (χ1) is 10.1. The molecule has 21 heavy (non-hydrogen) atoms. The van der Waals surface area contributed by atoms with Crippen molar-refractivity contribution in [3.05, 3.63) is 75.4 Å². The zero-order valence-corrected chi connectivity index (χ0v) is 13.0. The van der Waals surface area contributed by atoms with Gasteiger partial charge in [0.15, 0.2) is 0 Å². The molecule has 0 fully saturated rings. The summed E-state index contributed by atoms with van der Waals surface area (Å²) in [4.78, 5) is 16.5. The van der Waals surface area contributed by atoms with Crippen molar-refractivity contribution in [2.45, 2.75) is 6.92 Å². The Hall–Kier alpha value is -2.20. The van der Waals surface area contributed by atoms with Gasteiger partial charge in [-0.3, -0.25) is 4.79 Å². The van der Waals surface area contributed by atoms with E-state index in [1.807, 2.05) is 55.5 Å². The summed E-state index contributed by atoms with van der Waals surface area (Å²) in [6.07, 6.45) is 1.78. The number of nitrogens with one attached hydrogen (secondary N) is 1. The van der Waals surface area contributed by atoms with Crippen molar-refractivity contribution in [2.75, 3.05) is 0 Å². The van der Waals surface area contributed by atoms with Gasteiger partial charge in [0.2, 0.25) is 0 Å². The van der Waals surface area contributed by atoms with Gasteiger partial charge < -0.3 is 5.32 Å². The van der Waals surface area contributed by atoms with Crippen LogP contribution in [0.4, 0.5) is 0 Å². The van der Waals surface area contributed by atoms with Gasteiger partial charge in [0.05, 0.1) is 0 Å². The minimum Gasteiger partial charge on any atom is -0.305 e. The molecule has 0 saturated heterocycles. The molecule has 0 unspecified atom stereocenters. The van der Waals surface area contributed by atoms with Gasteiger partial charge in [-0.15, -0.1) is 0 Å². The lowest BCUT2D eigenvalue weighted by atomic mass is 10.1. The molecule has 3 nitrogen and oxygen atoms in total. The Bertz CT molecular complexity index is 778. The van der Waals surface area contributed by atoms with Crippen LogP contribution >= 0.6 is 15.9 Å². The third-order valence-corrected chi connectivity index (χ3v) is 3.74. The summed E-state index contributed by atoms with van der Waals surface area (Å²) >= 11 is 3.42. The highest BCUT2D eigenvalue weighted by atomic mass is 79.9. The fourth-order valence-corrected chi connectivity index (χ4v) is 2.61. The number of aryl methyl sites for hydroxylation is 1. The molecule has 0 aromatic heterocycles. The van der Waals surface area contributed by atoms with Crippen molar-refractivity contribution in [1.82, 2.24) is 5.32 Å². The van der Waals surface area contributed by atoms with Crippen LogP contribution in [0.2, 0.25) is 0 Å². The van der Waals surface area contributed by atoms with E-state index < -0.39 is 0 Å². The molecule has 0 spiro atoms. The zero-order chi connectivity index (χ0) is 14.8. The summed E-state index contributed by atoms with van der Waals surface area (Å²) in [7, 11) is 0. The molecule has 1 N–H and O–H groups in total. The molecule has 104 valence electrons. The lowest BCUT2D eigenvalue weighted by Crippen LogP contribution is -2.25. The number of hydrogen-bond donors (Lipinski definition) is 1. The monoisotopic (exact) mass is 340 g/mol. The van der Waals surface area contributed by atoms with Gasteiger partial charge in [0.1, 0.15) is 11.5 Å². The van der Waals surface area contributed by atoms with Gasteiger partial charge in [-0.1, -0.05) is 52.3 Å². The van der Waals surface area contributed by atoms with E-state index in [0.29, 0.717) is 11.5 Å². The number of aliphatic imine (C=N–C) groups is 1. The largest absolute Gasteiger partial charge is 0.305 e. The van der Waals surface area contributed by atoms with Crippen molar-refractivity contribution < 1.29 is 4.79 Å². The van der Waals surface area contributed by atoms with Crippen LogP contribution in [-0.4, -0.2) is 11.7 Å². The molecule has 0 atom stereocenters. The van der Waals surface area contributed by atoms with Crippen LogP contribution < -0.4 is 5.32 Å². The fourth-order valence-electron chi connectivity index (χ4n) is 2.19. The summed E-state index contributed by atoms with van der Waals surface area (Å²) in [5.74, 6) is 0.438. The topological polar surface area (TPSA) is 41.5 Å². The molecule has 2 aromatic carbocycles. The summed E-state index contributed by atoms with van der Waals surface area (Å²) in [5.41, 5.74) is 3.39. The lowest BCUT2D eigenvalue weighted by molar-refractivity contribution is -0.115. The van der Waals surface area contributed by atoms with Crippen molar-refractivity contribution in [1.29, 1.82) is 0 Å². The number of amides is 1. The van der Waals surface area contributed by atoms with Crippen LogP contribution in [0.25, 0.3) is 6.08 Å². The number of carbonyl (C=O) groups excluding carboxylic acids is 1. The van der Waals surface area contributed by atoms with Gasteiger partial charge in [-0.2, -0.15) is 0 Å². The summed E-state index contributed by atoms with van der Waals surface area (Å²) < 4.78 is 0.971. The van der Waals surface area contributed by atoms with Gasteiger partial charge in [0.25, 0.3) is 5.91 Å². The van der Waals surface area contributed by atoms with Crippen molar-refractivity contribution >= 4 is 33.7 Å². The molecule has 1 aliphatic heterocycles. The maximum Gasteiger partial charge on any atom is 0.275 e. The van der Waals surface area contributed by atoms with Crippen LogP contribution in [0.1, 0.15) is 16.7 Å². The minimum atomic E-state index is -0.173. The van der Waals surface area contributed by atoms with E-state index >= 15 is 0 Å². The van der Waals surface area contributed by atoms with Gasteiger partial charge >= 0.3 is 0 Å². The number of halogens is 1. The van der Waals surface area contributed by atoms with Crippen molar-refractivity contribution in [2.24, 2.45) is 4.99 Å². The normalized spacial score (nSPS) is 16.0. The molecule has 0 bridgehead atoms. The van der Waals surface area contributed by atoms with E-state index in [2.05, 4.69) is 26.2 Å². The van der Waals surface area contributed by atoms with Crippen LogP contribution in [-0.2, 0) is 4.79 Å². The van der Waals surface area contributed by atoms with Crippen LogP contribution in [0.5, 0.6) is 0 Å². The fraction of sp³-hybridized carbons (Fsp3) is 0.0588.